The third-order valence-corrected chi connectivity index (χ3v) is 4.93. The fraction of sp³-hybridized carbons (Fsp3) is 0.227. The van der Waals surface area contributed by atoms with E-state index in [-0.39, 0.29) is 17.5 Å². The van der Waals surface area contributed by atoms with E-state index in [0.29, 0.717) is 34.8 Å². The predicted molar refractivity (Wildman–Crippen MR) is 120 cm³/mol. The van der Waals surface area contributed by atoms with Crippen molar-refractivity contribution in [2.75, 3.05) is 26.4 Å². The lowest BCUT2D eigenvalue weighted by atomic mass is 10.1. The second-order valence-corrected chi connectivity index (χ2v) is 7.51. The summed E-state index contributed by atoms with van der Waals surface area (Å²) in [7, 11) is 9.59. The van der Waals surface area contributed by atoms with Gasteiger partial charge in [0.15, 0.2) is 13.7 Å². The van der Waals surface area contributed by atoms with E-state index in [2.05, 4.69) is 19.9 Å². The summed E-state index contributed by atoms with van der Waals surface area (Å²) in [5.41, 5.74) is 9.49. The summed E-state index contributed by atoms with van der Waals surface area (Å²) >= 11 is 0. The monoisotopic (exact) mass is 412 g/mol. The highest BCUT2D eigenvalue weighted by Gasteiger charge is 2.17. The summed E-state index contributed by atoms with van der Waals surface area (Å²) in [5, 5.41) is 0. The molecule has 0 aliphatic heterocycles. The fourth-order valence-corrected chi connectivity index (χ4v) is 3.29. The van der Waals surface area contributed by atoms with Gasteiger partial charge in [-0.15, -0.1) is 0 Å². The van der Waals surface area contributed by atoms with Crippen LogP contribution >= 0.6 is 0 Å². The van der Waals surface area contributed by atoms with Crippen LogP contribution < -0.4 is 11.5 Å². The van der Waals surface area contributed by atoms with Gasteiger partial charge in [0.1, 0.15) is 17.6 Å². The molecule has 3 heterocycles. The summed E-state index contributed by atoms with van der Waals surface area (Å²) in [4.78, 5) is 30.7. The van der Waals surface area contributed by atoms with Gasteiger partial charge in [-0.25, -0.2) is 19.9 Å². The predicted octanol–water partition coefficient (Wildman–Crippen LogP) is 1.96. The SMILES string of the molecule is [B]c1nc(N)c2nc(-c3cccc(-c4ncc(C(C=O)CCN(C)C)o4)c3)ccc2n1. The zero-order chi connectivity index (χ0) is 22.0. The van der Waals surface area contributed by atoms with Crippen LogP contribution in [-0.2, 0) is 4.79 Å². The van der Waals surface area contributed by atoms with Crippen LogP contribution in [0.4, 0.5) is 5.82 Å². The molecule has 0 saturated carbocycles. The zero-order valence-corrected chi connectivity index (χ0v) is 17.3. The van der Waals surface area contributed by atoms with Crippen molar-refractivity contribution in [1.82, 2.24) is 24.8 Å². The van der Waals surface area contributed by atoms with E-state index in [1.807, 2.05) is 49.3 Å². The molecule has 0 aliphatic rings. The number of fused-ring (bicyclic) bond motifs is 1. The van der Waals surface area contributed by atoms with Gasteiger partial charge in [-0.2, -0.15) is 0 Å². The normalized spacial score (nSPS) is 12.4. The van der Waals surface area contributed by atoms with E-state index in [4.69, 9.17) is 18.0 Å². The van der Waals surface area contributed by atoms with Crippen molar-refractivity contribution < 1.29 is 9.21 Å². The average Bonchev–Trinajstić information content (AvgIpc) is 3.24. The summed E-state index contributed by atoms with van der Waals surface area (Å²) in [5.74, 6) is 0.911. The minimum Gasteiger partial charge on any atom is -0.440 e. The first-order chi connectivity index (χ1) is 14.9. The van der Waals surface area contributed by atoms with E-state index < -0.39 is 0 Å². The van der Waals surface area contributed by atoms with Crippen LogP contribution in [0.5, 0.6) is 0 Å². The van der Waals surface area contributed by atoms with Gasteiger partial charge in [0.2, 0.25) is 5.89 Å². The molecule has 8 nitrogen and oxygen atoms in total. The number of hydrogen-bond donors (Lipinski definition) is 1. The maximum Gasteiger partial charge on any atom is 0.226 e. The molecule has 0 bridgehead atoms. The van der Waals surface area contributed by atoms with Crippen LogP contribution in [0.3, 0.4) is 0 Å². The van der Waals surface area contributed by atoms with Crippen LogP contribution in [0.25, 0.3) is 33.7 Å². The minimum atomic E-state index is -0.329. The van der Waals surface area contributed by atoms with E-state index >= 15 is 0 Å². The third-order valence-electron chi connectivity index (χ3n) is 4.93. The Labute approximate surface area is 181 Å². The van der Waals surface area contributed by atoms with Crippen LogP contribution in [0.2, 0.25) is 0 Å². The maximum absolute atomic E-state index is 11.5. The van der Waals surface area contributed by atoms with Crippen LogP contribution in [-0.4, -0.2) is 59.6 Å². The Morgan fingerprint density at radius 3 is 2.74 bits per heavy atom. The summed E-state index contributed by atoms with van der Waals surface area (Å²) in [6.07, 6.45) is 3.19. The Morgan fingerprint density at radius 2 is 1.97 bits per heavy atom. The fourth-order valence-electron chi connectivity index (χ4n) is 3.29. The standard InChI is InChI=1S/C22H21BN6O2/c1-29(2)9-8-15(12-30)18-11-25-21(31-18)14-5-3-4-13(10-14)16-6-7-17-19(26-16)20(24)28-22(23)27-17/h3-7,10-12,15H,8-9H2,1-2H3,(H2,24,27,28). The van der Waals surface area contributed by atoms with Gasteiger partial charge in [0.25, 0.3) is 0 Å². The number of nitrogens with two attached hydrogens (primary N) is 1. The number of pyridine rings is 1. The molecule has 1 aromatic carbocycles. The third kappa shape index (κ3) is 4.46. The molecule has 1 unspecified atom stereocenters. The van der Waals surface area contributed by atoms with Gasteiger partial charge < -0.3 is 19.8 Å². The first kappa shape index (κ1) is 20.7. The molecule has 2 radical (unpaired) electrons. The smallest absolute Gasteiger partial charge is 0.226 e. The molecule has 1 atom stereocenters. The van der Waals surface area contributed by atoms with E-state index in [9.17, 15) is 4.79 Å². The topological polar surface area (TPSA) is 111 Å². The largest absolute Gasteiger partial charge is 0.440 e. The molecule has 9 heteroatoms. The first-order valence-corrected chi connectivity index (χ1v) is 9.81. The van der Waals surface area contributed by atoms with E-state index in [1.54, 1.807) is 12.3 Å². The number of oxazole rings is 1. The molecular formula is C22H21BN6O2. The minimum absolute atomic E-state index is 0.112. The van der Waals surface area contributed by atoms with Crippen LogP contribution in [0, 0.1) is 0 Å². The van der Waals surface area contributed by atoms with Crippen LogP contribution in [0.1, 0.15) is 18.1 Å². The maximum atomic E-state index is 11.5. The number of carbonyl (C=O) groups is 1. The van der Waals surface area contributed by atoms with Crippen molar-refractivity contribution in [3.63, 3.8) is 0 Å². The number of rotatable bonds is 7. The van der Waals surface area contributed by atoms with Crippen molar-refractivity contribution in [3.8, 4) is 22.7 Å². The Kier molecular flexibility index (Phi) is 5.77. The molecule has 0 aliphatic carbocycles. The van der Waals surface area contributed by atoms with Gasteiger partial charge in [0.05, 0.1) is 29.0 Å². The molecule has 31 heavy (non-hydrogen) atoms. The first-order valence-electron chi connectivity index (χ1n) is 9.81. The van der Waals surface area contributed by atoms with Gasteiger partial charge in [0, 0.05) is 11.1 Å². The quantitative estimate of drug-likeness (QED) is 0.362. The van der Waals surface area contributed by atoms with Crippen LogP contribution in [0.15, 0.2) is 47.0 Å². The average molecular weight is 412 g/mol. The van der Waals surface area contributed by atoms with Crippen molar-refractivity contribution in [2.45, 2.75) is 12.3 Å². The number of aldehydes is 1. The molecule has 4 rings (SSSR count). The molecular weight excluding hydrogens is 391 g/mol. The second-order valence-electron chi connectivity index (χ2n) is 7.51. The number of carbonyl (C=O) groups excluding carboxylic acids is 1. The van der Waals surface area contributed by atoms with E-state index in [0.717, 1.165) is 24.0 Å². The summed E-state index contributed by atoms with van der Waals surface area (Å²) < 4.78 is 5.91. The highest BCUT2D eigenvalue weighted by Crippen LogP contribution is 2.29. The summed E-state index contributed by atoms with van der Waals surface area (Å²) in [6.45, 7) is 0.779. The highest BCUT2D eigenvalue weighted by atomic mass is 16.4. The lowest BCUT2D eigenvalue weighted by Gasteiger charge is -2.11. The Bertz CT molecular complexity index is 1240. The number of anilines is 1. The van der Waals surface area contributed by atoms with Gasteiger partial charge >= 0.3 is 0 Å². The lowest BCUT2D eigenvalue weighted by Crippen LogP contribution is -2.16. The highest BCUT2D eigenvalue weighted by molar-refractivity contribution is 6.29. The summed E-state index contributed by atoms with van der Waals surface area (Å²) in [6, 6.07) is 11.3. The number of benzene rings is 1. The van der Waals surface area contributed by atoms with Crippen molar-refractivity contribution in [1.29, 1.82) is 0 Å². The Balaban J connectivity index is 1.64. The number of aromatic nitrogens is 4. The number of hydrogen-bond acceptors (Lipinski definition) is 8. The van der Waals surface area contributed by atoms with Crippen molar-refractivity contribution in [3.05, 3.63) is 48.4 Å². The molecule has 4 aromatic rings. The van der Waals surface area contributed by atoms with E-state index in [1.165, 1.54) is 0 Å². The molecule has 0 fully saturated rings. The van der Waals surface area contributed by atoms with Gasteiger partial charge in [-0.1, -0.05) is 12.1 Å². The van der Waals surface area contributed by atoms with Crippen molar-refractivity contribution >= 4 is 36.7 Å². The Morgan fingerprint density at radius 1 is 1.16 bits per heavy atom. The van der Waals surface area contributed by atoms with Crippen molar-refractivity contribution in [2.24, 2.45) is 0 Å². The Hall–Kier alpha value is -3.59. The molecule has 3 aromatic heterocycles. The second kappa shape index (κ2) is 8.65. The molecule has 2 N–H and O–H groups in total. The molecule has 0 saturated heterocycles. The molecule has 0 spiro atoms. The molecule has 0 amide bonds. The number of nitrogen functional groups attached to an aromatic ring is 1. The van der Waals surface area contributed by atoms with Gasteiger partial charge in [-0.3, -0.25) is 0 Å². The lowest BCUT2D eigenvalue weighted by molar-refractivity contribution is -0.109. The van der Waals surface area contributed by atoms with Gasteiger partial charge in [-0.05, 0) is 51.3 Å². The molecule has 154 valence electrons. The zero-order valence-electron chi connectivity index (χ0n) is 17.3. The number of nitrogens with zero attached hydrogens (tertiary/aromatic N) is 5.